The Morgan fingerprint density at radius 3 is 2.24 bits per heavy atom. The maximum Gasteiger partial charge on any atom is 0.417 e. The van der Waals surface area contributed by atoms with E-state index in [4.69, 9.17) is 4.74 Å². The van der Waals surface area contributed by atoms with Crippen LogP contribution in [0.2, 0.25) is 0 Å². The molecule has 0 spiro atoms. The van der Waals surface area contributed by atoms with Crippen molar-refractivity contribution in [3.63, 3.8) is 0 Å². The number of nitrogens with one attached hydrogen (secondary N) is 1. The highest BCUT2D eigenvalue weighted by Gasteiger charge is 2.48. The highest BCUT2D eigenvalue weighted by atomic mass is 32.2. The van der Waals surface area contributed by atoms with Crippen molar-refractivity contribution in [2.75, 3.05) is 7.11 Å². The number of rotatable bonds is 8. The van der Waals surface area contributed by atoms with E-state index >= 15 is 4.39 Å². The quantitative estimate of drug-likeness (QED) is 0.314. The predicted octanol–water partition coefficient (Wildman–Crippen LogP) is 6.58. The summed E-state index contributed by atoms with van der Waals surface area (Å²) < 4.78 is 132. The predicted molar refractivity (Wildman–Crippen MR) is 127 cm³/mol. The molecule has 0 unspecified atom stereocenters. The van der Waals surface area contributed by atoms with Gasteiger partial charge in [-0.3, -0.25) is 0 Å². The lowest BCUT2D eigenvalue weighted by Crippen LogP contribution is -2.39. The van der Waals surface area contributed by atoms with Crippen molar-refractivity contribution in [3.05, 3.63) is 59.5 Å². The van der Waals surface area contributed by atoms with Crippen molar-refractivity contribution in [3.8, 4) is 11.1 Å². The third kappa shape index (κ3) is 5.69. The number of nitrogens with zero attached hydrogens (tertiary/aromatic N) is 1. The fraction of sp³-hybridized carbons (Fsp3) is 0.440. The number of sulfonamides is 1. The van der Waals surface area contributed by atoms with E-state index in [1.54, 1.807) is 18.6 Å². The Bertz CT molecular complexity index is 1460. The summed E-state index contributed by atoms with van der Waals surface area (Å²) in [5.74, 6) is -1.19. The van der Waals surface area contributed by atoms with Gasteiger partial charge in [-0.1, -0.05) is 18.2 Å². The van der Waals surface area contributed by atoms with E-state index in [-0.39, 0.29) is 30.3 Å². The molecule has 1 aliphatic rings. The Morgan fingerprint density at radius 1 is 1.05 bits per heavy atom. The number of ether oxygens (including phenoxy) is 1. The maximum atomic E-state index is 15.4. The summed E-state index contributed by atoms with van der Waals surface area (Å²) in [4.78, 5) is 0. The maximum absolute atomic E-state index is 15.4. The Kier molecular flexibility index (Phi) is 7.11. The van der Waals surface area contributed by atoms with Gasteiger partial charge < -0.3 is 9.30 Å². The van der Waals surface area contributed by atoms with Crippen LogP contribution in [-0.4, -0.2) is 37.1 Å². The number of alkyl halides is 6. The topological polar surface area (TPSA) is 60.3 Å². The second-order valence-corrected chi connectivity index (χ2v) is 11.9. The largest absolute Gasteiger partial charge is 0.417 e. The average molecular weight is 567 g/mol. The molecule has 1 saturated carbocycles. The molecule has 1 aliphatic carbocycles. The van der Waals surface area contributed by atoms with E-state index in [0.29, 0.717) is 6.07 Å². The number of benzene rings is 2. The molecular weight excluding hydrogens is 541 g/mol. The first-order valence-corrected chi connectivity index (χ1v) is 13.1. The van der Waals surface area contributed by atoms with Crippen molar-refractivity contribution in [1.29, 1.82) is 0 Å². The minimum Gasteiger partial charge on any atom is -0.377 e. The Balaban J connectivity index is 1.97. The molecule has 13 heteroatoms. The van der Waals surface area contributed by atoms with Gasteiger partial charge in [0.05, 0.1) is 23.0 Å². The summed E-state index contributed by atoms with van der Waals surface area (Å²) in [6.07, 6.45) is -8.42. The highest BCUT2D eigenvalue weighted by molar-refractivity contribution is 7.90. The van der Waals surface area contributed by atoms with Crippen LogP contribution in [-0.2, 0) is 27.5 Å². The fourth-order valence-electron chi connectivity index (χ4n) is 4.29. The molecule has 1 heterocycles. The molecule has 1 aromatic heterocycles. The molecule has 1 N–H and O–H groups in total. The zero-order valence-corrected chi connectivity index (χ0v) is 21.4. The molecule has 2 aromatic carbocycles. The van der Waals surface area contributed by atoms with E-state index < -0.39 is 67.3 Å². The number of aromatic nitrogens is 1. The van der Waals surface area contributed by atoms with Gasteiger partial charge in [-0.2, -0.15) is 31.1 Å². The third-order valence-corrected chi connectivity index (χ3v) is 8.42. The Hall–Kier alpha value is -2.64. The minimum absolute atomic E-state index is 0.0154. The smallest absolute Gasteiger partial charge is 0.377 e. The SMILES string of the molecule is COC(C)(C)Cn1cc([C@H](NS(=O)(=O)C2CC2)C(F)(F)F)c2cc(F)c(-c3ccccc3C(F)(F)F)cc21. The van der Waals surface area contributed by atoms with E-state index in [1.807, 2.05) is 0 Å². The molecule has 3 aromatic rings. The number of hydrogen-bond donors (Lipinski definition) is 1. The van der Waals surface area contributed by atoms with Gasteiger partial charge in [-0.15, -0.1) is 0 Å². The first-order valence-electron chi connectivity index (χ1n) is 11.6. The van der Waals surface area contributed by atoms with Gasteiger partial charge >= 0.3 is 12.4 Å². The van der Waals surface area contributed by atoms with Gasteiger partial charge in [0.1, 0.15) is 11.9 Å². The van der Waals surface area contributed by atoms with Crippen molar-refractivity contribution < 1.29 is 43.9 Å². The summed E-state index contributed by atoms with van der Waals surface area (Å²) in [5, 5.41) is -1.24. The molecule has 0 radical (unpaired) electrons. The number of fused-ring (bicyclic) bond motifs is 1. The second kappa shape index (κ2) is 9.53. The standard InChI is InChI=1S/C25H25F7N2O3S/c1-23(2,37-3)13-34-12-18(22(25(30,31)32)33-38(35,36)14-8-9-14)17-10-20(26)16(11-21(17)34)15-6-4-5-7-19(15)24(27,28)29/h4-7,10-12,14,22,33H,8-9,13H2,1-3H3/t22-/m0/s1. The van der Waals surface area contributed by atoms with E-state index in [9.17, 15) is 34.8 Å². The monoisotopic (exact) mass is 566 g/mol. The lowest BCUT2D eigenvalue weighted by molar-refractivity contribution is -0.152. The lowest BCUT2D eigenvalue weighted by Gasteiger charge is -2.24. The van der Waals surface area contributed by atoms with Crippen LogP contribution in [0.25, 0.3) is 22.0 Å². The molecule has 0 aliphatic heterocycles. The molecule has 4 rings (SSSR count). The van der Waals surface area contributed by atoms with Crippen molar-refractivity contribution in [1.82, 2.24) is 9.29 Å². The fourth-order valence-corrected chi connectivity index (χ4v) is 5.83. The van der Waals surface area contributed by atoms with Gasteiger partial charge in [-0.25, -0.2) is 12.8 Å². The molecule has 0 bridgehead atoms. The minimum atomic E-state index is -5.09. The first-order chi connectivity index (χ1) is 17.4. The normalized spacial score (nSPS) is 16.3. The van der Waals surface area contributed by atoms with Gasteiger partial charge in [0, 0.05) is 35.3 Å². The molecule has 38 heavy (non-hydrogen) atoms. The third-order valence-electron chi connectivity index (χ3n) is 6.51. The number of halogens is 7. The zero-order valence-electron chi connectivity index (χ0n) is 20.5. The van der Waals surface area contributed by atoms with Gasteiger partial charge in [0.2, 0.25) is 10.0 Å². The summed E-state index contributed by atoms with van der Waals surface area (Å²) in [6.45, 7) is 3.21. The van der Waals surface area contributed by atoms with Crippen LogP contribution in [0.15, 0.2) is 42.6 Å². The van der Waals surface area contributed by atoms with Crippen LogP contribution in [0.5, 0.6) is 0 Å². The van der Waals surface area contributed by atoms with Crippen LogP contribution < -0.4 is 4.72 Å². The molecule has 208 valence electrons. The summed E-state index contributed by atoms with van der Waals surface area (Å²) in [5.41, 5.74) is -3.59. The highest BCUT2D eigenvalue weighted by Crippen LogP contribution is 2.43. The van der Waals surface area contributed by atoms with Crippen molar-refractivity contribution in [2.24, 2.45) is 0 Å². The average Bonchev–Trinajstić information content (AvgIpc) is 3.61. The van der Waals surface area contributed by atoms with Gasteiger partial charge in [-0.05, 0) is 50.5 Å². The zero-order chi connectivity index (χ0) is 28.3. The molecule has 1 fully saturated rings. The van der Waals surface area contributed by atoms with Crippen LogP contribution in [0, 0.1) is 5.82 Å². The number of methoxy groups -OCH3 is 1. The number of hydrogen-bond acceptors (Lipinski definition) is 3. The van der Waals surface area contributed by atoms with E-state index in [2.05, 4.69) is 0 Å². The van der Waals surface area contributed by atoms with Crippen LogP contribution in [0.3, 0.4) is 0 Å². The molecule has 1 atom stereocenters. The Labute approximate surface area is 214 Å². The van der Waals surface area contributed by atoms with Gasteiger partial charge in [0.15, 0.2) is 0 Å². The second-order valence-electron chi connectivity index (χ2n) is 9.91. The Morgan fingerprint density at radius 2 is 1.68 bits per heavy atom. The molecular formula is C25H25F7N2O3S. The van der Waals surface area contributed by atoms with Crippen LogP contribution >= 0.6 is 0 Å². The van der Waals surface area contributed by atoms with E-state index in [1.165, 1.54) is 17.7 Å². The summed E-state index contributed by atoms with van der Waals surface area (Å²) in [7, 11) is -2.95. The van der Waals surface area contributed by atoms with Crippen molar-refractivity contribution in [2.45, 2.75) is 62.5 Å². The molecule has 5 nitrogen and oxygen atoms in total. The molecule has 0 amide bonds. The summed E-state index contributed by atoms with van der Waals surface area (Å²) >= 11 is 0. The summed E-state index contributed by atoms with van der Waals surface area (Å²) in [6, 6.07) is 3.35. The van der Waals surface area contributed by atoms with Crippen molar-refractivity contribution >= 4 is 20.9 Å². The molecule has 0 saturated heterocycles. The van der Waals surface area contributed by atoms with Crippen LogP contribution in [0.1, 0.15) is 43.9 Å². The lowest BCUT2D eigenvalue weighted by atomic mass is 9.96. The van der Waals surface area contributed by atoms with E-state index in [0.717, 1.165) is 30.5 Å². The van der Waals surface area contributed by atoms with Gasteiger partial charge in [0.25, 0.3) is 0 Å². The first kappa shape index (κ1) is 28.4. The van der Waals surface area contributed by atoms with Crippen LogP contribution in [0.4, 0.5) is 30.7 Å².